The van der Waals surface area contributed by atoms with E-state index in [-0.39, 0.29) is 12.8 Å². The third-order valence-electron chi connectivity index (χ3n) is 2.75. The molecule has 0 heterocycles. The van der Waals surface area contributed by atoms with Gasteiger partial charge in [0.1, 0.15) is 6.61 Å². The van der Waals surface area contributed by atoms with Gasteiger partial charge in [-0.15, -0.1) is 0 Å². The van der Waals surface area contributed by atoms with Crippen molar-refractivity contribution in [1.82, 2.24) is 0 Å². The predicted octanol–water partition coefficient (Wildman–Crippen LogP) is 0.517. The number of carbonyl (C=O) groups excluding carboxylic acids is 1. The summed E-state index contributed by atoms with van der Waals surface area (Å²) in [6.07, 6.45) is -0.964. The van der Waals surface area contributed by atoms with Crippen molar-refractivity contribution in [2.24, 2.45) is 5.92 Å². The highest BCUT2D eigenvalue weighted by atomic mass is 32.2. The molecule has 0 bridgehead atoms. The molecule has 0 aliphatic carbocycles. The van der Waals surface area contributed by atoms with E-state index in [9.17, 15) is 22.3 Å². The lowest BCUT2D eigenvalue weighted by Gasteiger charge is -2.17. The lowest BCUT2D eigenvalue weighted by atomic mass is 10.0. The maximum absolute atomic E-state index is 11.6. The van der Waals surface area contributed by atoms with Gasteiger partial charge >= 0.3 is 21.4 Å². The number of carbonyl (C=O) groups is 1. The summed E-state index contributed by atoms with van der Waals surface area (Å²) in [5.41, 5.74) is 0. The van der Waals surface area contributed by atoms with Crippen molar-refractivity contribution >= 4 is 31.5 Å². The van der Waals surface area contributed by atoms with Gasteiger partial charge in [-0.1, -0.05) is 13.8 Å². The molecule has 11 nitrogen and oxygen atoms in total. The zero-order chi connectivity index (χ0) is 18.5. The van der Waals surface area contributed by atoms with Crippen molar-refractivity contribution in [2.75, 3.05) is 12.8 Å². The van der Waals surface area contributed by atoms with Crippen molar-refractivity contribution in [2.45, 2.75) is 31.9 Å². The molecule has 0 spiro atoms. The molecule has 0 fully saturated rings. The van der Waals surface area contributed by atoms with Crippen LogP contribution >= 0.6 is 15.4 Å². The molecule has 23 heavy (non-hydrogen) atoms. The lowest BCUT2D eigenvalue weighted by molar-refractivity contribution is -0.147. The van der Waals surface area contributed by atoms with E-state index in [1.165, 1.54) is 13.8 Å². The van der Waals surface area contributed by atoms with Crippen LogP contribution in [0.25, 0.3) is 0 Å². The van der Waals surface area contributed by atoms with Gasteiger partial charge < -0.3 is 19.4 Å². The third kappa shape index (κ3) is 10.2. The molecule has 0 aromatic heterocycles. The summed E-state index contributed by atoms with van der Waals surface area (Å²) in [6, 6.07) is 0. The van der Waals surface area contributed by atoms with E-state index in [0.717, 1.165) is 0 Å². The molecule has 0 radical (unpaired) electrons. The summed E-state index contributed by atoms with van der Waals surface area (Å²) in [5.74, 6) is -1.80. The molecule has 0 aromatic carbocycles. The van der Waals surface area contributed by atoms with Gasteiger partial charge in [-0.2, -0.15) is 8.42 Å². The molecule has 0 amide bonds. The van der Waals surface area contributed by atoms with Crippen LogP contribution in [0, 0.1) is 5.92 Å². The molecule has 14 heteroatoms. The van der Waals surface area contributed by atoms with Crippen LogP contribution in [-0.4, -0.2) is 51.6 Å². The zero-order valence-electron chi connectivity index (χ0n) is 12.4. The first kappa shape index (κ1) is 22.7. The zero-order valence-corrected chi connectivity index (χ0v) is 15.0. The fourth-order valence-corrected chi connectivity index (χ4v) is 4.53. The van der Waals surface area contributed by atoms with E-state index in [1.807, 2.05) is 0 Å². The summed E-state index contributed by atoms with van der Waals surface area (Å²) in [4.78, 5) is 37.6. The Morgan fingerprint density at radius 1 is 1.22 bits per heavy atom. The van der Waals surface area contributed by atoms with E-state index in [1.54, 1.807) is 0 Å². The minimum atomic E-state index is -5.16. The Hall–Kier alpha value is -0.320. The summed E-state index contributed by atoms with van der Waals surface area (Å²) in [7, 11) is -14.1. The Morgan fingerprint density at radius 3 is 2.13 bits per heavy atom. The molecular formula is C9H20O11P2S. The van der Waals surface area contributed by atoms with Crippen LogP contribution in [0.3, 0.4) is 0 Å². The van der Waals surface area contributed by atoms with Crippen LogP contribution < -0.4 is 0 Å². The summed E-state index contributed by atoms with van der Waals surface area (Å²) in [5, 5.41) is -1.15. The SMILES string of the molecule is CCC(CC(C)C(=O)OCCP(=O)(O)OP(=O)(O)O)S(=O)(=O)O. The van der Waals surface area contributed by atoms with Gasteiger partial charge in [0.15, 0.2) is 0 Å². The Balaban J connectivity index is 4.45. The van der Waals surface area contributed by atoms with Crippen molar-refractivity contribution in [1.29, 1.82) is 0 Å². The van der Waals surface area contributed by atoms with Gasteiger partial charge in [-0.3, -0.25) is 13.9 Å². The minimum Gasteiger partial charge on any atom is -0.465 e. The van der Waals surface area contributed by atoms with Crippen molar-refractivity contribution in [3.8, 4) is 0 Å². The highest BCUT2D eigenvalue weighted by Crippen LogP contribution is 2.56. The molecule has 0 rings (SSSR count). The summed E-state index contributed by atoms with van der Waals surface area (Å²) in [6.45, 7) is 2.21. The first-order valence-electron chi connectivity index (χ1n) is 6.39. The fourth-order valence-electron chi connectivity index (χ4n) is 1.60. The Bertz CT molecular complexity index is 595. The van der Waals surface area contributed by atoms with Gasteiger partial charge in [0.05, 0.1) is 17.3 Å². The minimum absolute atomic E-state index is 0.0818. The number of phosphoric acid groups is 1. The van der Waals surface area contributed by atoms with E-state index >= 15 is 0 Å². The molecule has 3 atom stereocenters. The first-order valence-corrected chi connectivity index (χ1v) is 11.2. The molecular weight excluding hydrogens is 378 g/mol. The van der Waals surface area contributed by atoms with E-state index in [2.05, 4.69) is 9.05 Å². The van der Waals surface area contributed by atoms with Gasteiger partial charge in [-0.05, 0) is 12.8 Å². The fraction of sp³-hybridized carbons (Fsp3) is 0.889. The van der Waals surface area contributed by atoms with Crippen LogP contribution in [0.2, 0.25) is 0 Å². The van der Waals surface area contributed by atoms with E-state index in [0.29, 0.717) is 0 Å². The first-order chi connectivity index (χ1) is 10.2. The Kier molecular flexibility index (Phi) is 8.56. The normalized spacial score (nSPS) is 18.0. The van der Waals surface area contributed by atoms with Crippen LogP contribution in [0.4, 0.5) is 0 Å². The quantitative estimate of drug-likeness (QED) is 0.228. The largest absolute Gasteiger partial charge is 0.476 e. The molecule has 0 aliphatic rings. The Labute approximate surface area is 133 Å². The number of rotatable bonds is 10. The van der Waals surface area contributed by atoms with Crippen LogP contribution in [0.15, 0.2) is 0 Å². The van der Waals surface area contributed by atoms with Gasteiger partial charge in [0.25, 0.3) is 10.1 Å². The second kappa shape index (κ2) is 8.68. The molecule has 0 aromatic rings. The number of esters is 1. The second-order valence-electron chi connectivity index (χ2n) is 4.78. The van der Waals surface area contributed by atoms with Gasteiger partial charge in [0, 0.05) is 0 Å². The highest BCUT2D eigenvalue weighted by molar-refractivity contribution is 7.86. The van der Waals surface area contributed by atoms with Crippen molar-refractivity contribution in [3.63, 3.8) is 0 Å². The van der Waals surface area contributed by atoms with Crippen molar-refractivity contribution < 1.29 is 50.6 Å². The smallest absolute Gasteiger partial charge is 0.465 e. The highest BCUT2D eigenvalue weighted by Gasteiger charge is 2.31. The maximum Gasteiger partial charge on any atom is 0.476 e. The predicted molar refractivity (Wildman–Crippen MR) is 78.2 cm³/mol. The molecule has 0 saturated heterocycles. The van der Waals surface area contributed by atoms with Gasteiger partial charge in [-0.25, -0.2) is 8.88 Å². The molecule has 3 unspecified atom stereocenters. The number of hydrogen-bond donors (Lipinski definition) is 4. The number of hydrogen-bond acceptors (Lipinski definition) is 7. The molecule has 0 saturated carbocycles. The van der Waals surface area contributed by atoms with Gasteiger partial charge in [0.2, 0.25) is 0 Å². The van der Waals surface area contributed by atoms with E-state index in [4.69, 9.17) is 19.2 Å². The lowest BCUT2D eigenvalue weighted by Crippen LogP contribution is -2.26. The van der Waals surface area contributed by atoms with Crippen molar-refractivity contribution in [3.05, 3.63) is 0 Å². The van der Waals surface area contributed by atoms with E-state index < -0.39 is 55.4 Å². The average Bonchev–Trinajstić information content (AvgIpc) is 2.30. The van der Waals surface area contributed by atoms with Crippen LogP contribution in [0.1, 0.15) is 26.7 Å². The summed E-state index contributed by atoms with van der Waals surface area (Å²) < 4.78 is 61.1. The van der Waals surface area contributed by atoms with Crippen LogP contribution in [-0.2, 0) is 33.1 Å². The standard InChI is InChI=1S/C9H20O11P2S/c1-3-8(23(16,17)18)6-7(2)9(10)19-4-5-21(11,12)20-22(13,14)15/h7-8H,3-6H2,1-2H3,(H,11,12)(H2,13,14,15)(H,16,17,18). The van der Waals surface area contributed by atoms with Crippen LogP contribution in [0.5, 0.6) is 0 Å². The maximum atomic E-state index is 11.6. The molecule has 0 aliphatic heterocycles. The monoisotopic (exact) mass is 398 g/mol. The number of ether oxygens (including phenoxy) is 1. The molecule has 4 N–H and O–H groups in total. The second-order valence-corrected chi connectivity index (χ2v) is 9.84. The molecule has 138 valence electrons. The average molecular weight is 398 g/mol. The topological polar surface area (TPSA) is 185 Å². The third-order valence-corrected chi connectivity index (χ3v) is 6.74. The summed E-state index contributed by atoms with van der Waals surface area (Å²) >= 11 is 0. The Morgan fingerprint density at radius 2 is 1.74 bits per heavy atom.